The van der Waals surface area contributed by atoms with E-state index in [9.17, 15) is 0 Å². The zero-order valence-electron chi connectivity index (χ0n) is 6.73. The lowest BCUT2D eigenvalue weighted by Gasteiger charge is -1.92. The van der Waals surface area contributed by atoms with Crippen LogP contribution in [-0.4, -0.2) is 22.7 Å². The summed E-state index contributed by atoms with van der Waals surface area (Å²) in [5.41, 5.74) is 15.0. The number of nitrogens with two attached hydrogens (primary N) is 2. The molecule has 0 radical (unpaired) electrons. The van der Waals surface area contributed by atoms with Crippen LogP contribution in [0.5, 0.6) is 0 Å². The minimum absolute atomic E-state index is 0.120. The van der Waals surface area contributed by atoms with Crippen molar-refractivity contribution >= 4 is 47.1 Å². The summed E-state index contributed by atoms with van der Waals surface area (Å²) in [6.07, 6.45) is 3.61. The van der Waals surface area contributed by atoms with Gasteiger partial charge in [0.05, 0.1) is 0 Å². The largest absolute Gasteiger partial charge is 0.375 e. The van der Waals surface area contributed by atoms with E-state index in [1.165, 1.54) is 0 Å². The summed E-state index contributed by atoms with van der Waals surface area (Å²) in [6.45, 7) is 0. The minimum Gasteiger partial charge on any atom is -0.375 e. The SMILES string of the molecule is NC(=S)N/N=C/C/C=N/NC(N)=S. The molecule has 0 amide bonds. The molecule has 0 heterocycles. The Hall–Kier alpha value is -1.28. The van der Waals surface area contributed by atoms with Gasteiger partial charge < -0.3 is 11.5 Å². The lowest BCUT2D eigenvalue weighted by Crippen LogP contribution is -2.24. The molecular weight excluding hydrogens is 208 g/mol. The molecule has 0 aromatic rings. The normalized spacial score (nSPS) is 10.5. The summed E-state index contributed by atoms with van der Waals surface area (Å²) in [5, 5.41) is 7.57. The zero-order chi connectivity index (χ0) is 10.1. The van der Waals surface area contributed by atoms with E-state index in [1.807, 2.05) is 0 Å². The molecule has 0 atom stereocenters. The van der Waals surface area contributed by atoms with E-state index in [-0.39, 0.29) is 10.2 Å². The molecule has 6 N–H and O–H groups in total. The van der Waals surface area contributed by atoms with E-state index in [2.05, 4.69) is 45.5 Å². The lowest BCUT2D eigenvalue weighted by molar-refractivity contribution is 1.03. The number of hydrogen-bond donors (Lipinski definition) is 4. The van der Waals surface area contributed by atoms with E-state index >= 15 is 0 Å². The van der Waals surface area contributed by atoms with Gasteiger partial charge in [-0.25, -0.2) is 0 Å². The Kier molecular flexibility index (Phi) is 6.65. The third-order valence-corrected chi connectivity index (χ3v) is 0.925. The van der Waals surface area contributed by atoms with Gasteiger partial charge in [-0.05, 0) is 24.4 Å². The van der Waals surface area contributed by atoms with Crippen LogP contribution in [-0.2, 0) is 0 Å². The van der Waals surface area contributed by atoms with Gasteiger partial charge in [-0.3, -0.25) is 10.9 Å². The number of nitrogens with zero attached hydrogens (tertiary/aromatic N) is 2. The van der Waals surface area contributed by atoms with Crippen LogP contribution in [0.25, 0.3) is 0 Å². The van der Waals surface area contributed by atoms with Crippen LogP contribution < -0.4 is 22.3 Å². The van der Waals surface area contributed by atoms with Crippen molar-refractivity contribution in [1.29, 1.82) is 0 Å². The van der Waals surface area contributed by atoms with Gasteiger partial charge in [0.2, 0.25) is 0 Å². The van der Waals surface area contributed by atoms with Gasteiger partial charge in [0.15, 0.2) is 10.2 Å². The highest BCUT2D eigenvalue weighted by molar-refractivity contribution is 7.80. The predicted octanol–water partition coefficient (Wildman–Crippen LogP) is -0.986. The maximum Gasteiger partial charge on any atom is 0.184 e. The van der Waals surface area contributed by atoms with Crippen LogP contribution in [0.1, 0.15) is 6.42 Å². The summed E-state index contributed by atoms with van der Waals surface area (Å²) in [5.74, 6) is 0. The number of rotatable bonds is 4. The number of hydrogen-bond acceptors (Lipinski definition) is 4. The molecule has 0 saturated carbocycles. The maximum absolute atomic E-state index is 5.10. The van der Waals surface area contributed by atoms with Crippen molar-refractivity contribution in [2.45, 2.75) is 6.42 Å². The molecule has 72 valence electrons. The van der Waals surface area contributed by atoms with Crippen LogP contribution in [0.3, 0.4) is 0 Å². The third-order valence-electron chi connectivity index (χ3n) is 0.743. The molecule has 0 bridgehead atoms. The Balaban J connectivity index is 3.43. The Morgan fingerprint density at radius 1 is 1.08 bits per heavy atom. The maximum atomic E-state index is 5.10. The molecule has 0 spiro atoms. The Bertz CT molecular complexity index is 211. The molecule has 6 nitrogen and oxygen atoms in total. The van der Waals surface area contributed by atoms with Crippen LogP contribution in [0.4, 0.5) is 0 Å². The van der Waals surface area contributed by atoms with Crippen LogP contribution in [0.2, 0.25) is 0 Å². The molecule has 0 fully saturated rings. The first-order valence-electron chi connectivity index (χ1n) is 3.27. The summed E-state index contributed by atoms with van der Waals surface area (Å²) in [4.78, 5) is 0. The Morgan fingerprint density at radius 2 is 1.46 bits per heavy atom. The first-order chi connectivity index (χ1) is 6.13. The van der Waals surface area contributed by atoms with Crippen molar-refractivity contribution in [2.75, 3.05) is 0 Å². The highest BCUT2D eigenvalue weighted by Gasteiger charge is 1.79. The van der Waals surface area contributed by atoms with E-state index < -0.39 is 0 Å². The molecule has 13 heavy (non-hydrogen) atoms. The summed E-state index contributed by atoms with van der Waals surface area (Å²) in [6, 6.07) is 0. The second-order valence-electron chi connectivity index (χ2n) is 1.81. The number of thiocarbonyl (C=S) groups is 2. The van der Waals surface area contributed by atoms with Gasteiger partial charge in [0.25, 0.3) is 0 Å². The lowest BCUT2D eigenvalue weighted by atomic mass is 10.5. The topological polar surface area (TPSA) is 101 Å². The van der Waals surface area contributed by atoms with E-state index in [1.54, 1.807) is 12.4 Å². The quantitative estimate of drug-likeness (QED) is 0.275. The molecule has 0 rings (SSSR count). The van der Waals surface area contributed by atoms with Crippen LogP contribution in [0, 0.1) is 0 Å². The number of hydrazone groups is 2. The molecule has 0 aliphatic rings. The van der Waals surface area contributed by atoms with E-state index in [0.717, 1.165) is 0 Å². The summed E-state index contributed by atoms with van der Waals surface area (Å²) < 4.78 is 0. The fraction of sp³-hybridized carbons (Fsp3) is 0.200. The molecule has 0 aliphatic heterocycles. The molecule has 0 saturated heterocycles. The molecule has 0 aromatic heterocycles. The molecule has 0 aromatic carbocycles. The second-order valence-corrected chi connectivity index (χ2v) is 2.69. The van der Waals surface area contributed by atoms with Crippen molar-refractivity contribution in [1.82, 2.24) is 10.9 Å². The van der Waals surface area contributed by atoms with Gasteiger partial charge in [0, 0.05) is 18.9 Å². The van der Waals surface area contributed by atoms with Crippen molar-refractivity contribution in [3.05, 3.63) is 0 Å². The molecule has 0 unspecified atom stereocenters. The smallest absolute Gasteiger partial charge is 0.184 e. The monoisotopic (exact) mass is 218 g/mol. The molecular formula is C5H10N6S2. The molecule has 0 aliphatic carbocycles. The number of nitrogens with one attached hydrogen (secondary N) is 2. The fourth-order valence-electron chi connectivity index (χ4n) is 0.371. The van der Waals surface area contributed by atoms with Gasteiger partial charge in [0.1, 0.15) is 0 Å². The summed E-state index contributed by atoms with van der Waals surface area (Å²) in [7, 11) is 0. The van der Waals surface area contributed by atoms with Gasteiger partial charge in [-0.1, -0.05) is 0 Å². The van der Waals surface area contributed by atoms with Gasteiger partial charge >= 0.3 is 0 Å². The highest BCUT2D eigenvalue weighted by atomic mass is 32.1. The average Bonchev–Trinajstić information content (AvgIpc) is 2.01. The third kappa shape index (κ3) is 10.7. The van der Waals surface area contributed by atoms with E-state index in [4.69, 9.17) is 11.5 Å². The van der Waals surface area contributed by atoms with Gasteiger partial charge in [-0.15, -0.1) is 0 Å². The first-order valence-corrected chi connectivity index (χ1v) is 4.08. The van der Waals surface area contributed by atoms with Crippen molar-refractivity contribution < 1.29 is 0 Å². The van der Waals surface area contributed by atoms with Crippen molar-refractivity contribution in [3.8, 4) is 0 Å². The van der Waals surface area contributed by atoms with Crippen LogP contribution >= 0.6 is 24.4 Å². The summed E-state index contributed by atoms with van der Waals surface area (Å²) >= 11 is 9.01. The minimum atomic E-state index is 0.120. The highest BCUT2D eigenvalue weighted by Crippen LogP contribution is 1.67. The first kappa shape index (κ1) is 11.7. The Labute approximate surface area is 86.4 Å². The van der Waals surface area contributed by atoms with Crippen molar-refractivity contribution in [2.24, 2.45) is 21.7 Å². The van der Waals surface area contributed by atoms with E-state index in [0.29, 0.717) is 6.42 Å². The fourth-order valence-corrected chi connectivity index (χ4v) is 0.476. The molecule has 8 heteroatoms. The van der Waals surface area contributed by atoms with Crippen molar-refractivity contribution in [3.63, 3.8) is 0 Å². The second kappa shape index (κ2) is 7.37. The average molecular weight is 218 g/mol. The zero-order valence-corrected chi connectivity index (χ0v) is 8.36. The van der Waals surface area contributed by atoms with Gasteiger partial charge in [-0.2, -0.15) is 10.2 Å². The predicted molar refractivity (Wildman–Crippen MR) is 61.4 cm³/mol. The van der Waals surface area contributed by atoms with Crippen LogP contribution in [0.15, 0.2) is 10.2 Å². The standard InChI is InChI=1S/C5H10N6S2/c6-4(12)10-8-2-1-3-9-11-5(7)13/h2-3H,1H2,(H3,6,10,12)(H3,7,11,13)/b8-2+,9-3+. The Morgan fingerprint density at radius 3 is 1.77 bits per heavy atom.